The van der Waals surface area contributed by atoms with Gasteiger partial charge in [-0.1, -0.05) is 18.6 Å². The average Bonchev–Trinajstić information content (AvgIpc) is 3.08. The minimum absolute atomic E-state index is 0.252. The van der Waals surface area contributed by atoms with Gasteiger partial charge in [0.1, 0.15) is 0 Å². The molecule has 21 heavy (non-hydrogen) atoms. The molecule has 7 heteroatoms. The maximum absolute atomic E-state index is 12.3. The summed E-state index contributed by atoms with van der Waals surface area (Å²) in [6, 6.07) is 5.46. The van der Waals surface area contributed by atoms with Crippen molar-refractivity contribution in [2.45, 2.75) is 30.6 Å². The second-order valence-electron chi connectivity index (χ2n) is 6.01. The number of sulfonamides is 1. The van der Waals surface area contributed by atoms with E-state index in [9.17, 15) is 18.5 Å². The lowest BCUT2D eigenvalue weighted by molar-refractivity contribution is -0.387. The SMILES string of the molecule is O=[N+]([O-])c1ccccc1S(=O)(=O)NC[C@H]1C[C@H]2CC[C@@H]1C2. The Morgan fingerprint density at radius 3 is 2.62 bits per heavy atom. The molecular formula is C14H18N2O4S. The van der Waals surface area contributed by atoms with Crippen LogP contribution in [0.1, 0.15) is 25.7 Å². The number of nitro groups is 1. The van der Waals surface area contributed by atoms with E-state index in [-0.39, 0.29) is 10.6 Å². The van der Waals surface area contributed by atoms with Crippen molar-refractivity contribution >= 4 is 15.7 Å². The summed E-state index contributed by atoms with van der Waals surface area (Å²) in [5.41, 5.74) is -0.377. The van der Waals surface area contributed by atoms with Gasteiger partial charge in [0.25, 0.3) is 5.69 Å². The number of nitro benzene ring substituents is 1. The molecule has 0 heterocycles. The lowest BCUT2D eigenvalue weighted by Gasteiger charge is -2.21. The minimum atomic E-state index is -3.83. The van der Waals surface area contributed by atoms with E-state index in [1.807, 2.05) is 0 Å². The summed E-state index contributed by atoms with van der Waals surface area (Å²) >= 11 is 0. The molecule has 2 saturated carbocycles. The second kappa shape index (κ2) is 5.38. The van der Waals surface area contributed by atoms with Crippen LogP contribution in [0.15, 0.2) is 29.2 Å². The van der Waals surface area contributed by atoms with E-state index in [0.717, 1.165) is 12.3 Å². The highest BCUT2D eigenvalue weighted by Crippen LogP contribution is 2.48. The van der Waals surface area contributed by atoms with E-state index in [4.69, 9.17) is 0 Å². The average molecular weight is 310 g/mol. The molecule has 2 fully saturated rings. The largest absolute Gasteiger partial charge is 0.289 e. The van der Waals surface area contributed by atoms with Gasteiger partial charge in [-0.3, -0.25) is 10.1 Å². The number of benzene rings is 1. The molecule has 1 N–H and O–H groups in total. The highest BCUT2D eigenvalue weighted by Gasteiger charge is 2.39. The predicted octanol–water partition coefficient (Wildman–Crippen LogP) is 2.31. The number of para-hydroxylation sites is 1. The van der Waals surface area contributed by atoms with E-state index in [0.29, 0.717) is 18.4 Å². The molecule has 114 valence electrons. The summed E-state index contributed by atoms with van der Waals surface area (Å²) in [6.07, 6.45) is 4.72. The molecule has 3 rings (SSSR count). The van der Waals surface area contributed by atoms with Crippen LogP contribution in [0.3, 0.4) is 0 Å². The first-order valence-corrected chi connectivity index (χ1v) is 8.69. The van der Waals surface area contributed by atoms with E-state index < -0.39 is 14.9 Å². The lowest BCUT2D eigenvalue weighted by atomic mass is 9.89. The topological polar surface area (TPSA) is 89.3 Å². The predicted molar refractivity (Wildman–Crippen MR) is 77.2 cm³/mol. The molecule has 3 atom stereocenters. The van der Waals surface area contributed by atoms with Crippen molar-refractivity contribution in [1.82, 2.24) is 4.72 Å². The molecule has 1 aromatic rings. The third-order valence-corrected chi connectivity index (χ3v) is 6.24. The third-order valence-electron chi connectivity index (χ3n) is 4.77. The number of hydrogen-bond donors (Lipinski definition) is 1. The van der Waals surface area contributed by atoms with Crippen molar-refractivity contribution in [2.75, 3.05) is 6.54 Å². The smallest absolute Gasteiger partial charge is 0.258 e. The van der Waals surface area contributed by atoms with Gasteiger partial charge in [0.15, 0.2) is 4.90 Å². The Kier molecular flexibility index (Phi) is 3.71. The molecule has 0 spiro atoms. The van der Waals surface area contributed by atoms with Crippen LogP contribution in [-0.4, -0.2) is 19.9 Å². The molecule has 0 saturated heterocycles. The fourth-order valence-corrected chi connectivity index (χ4v) is 5.02. The summed E-state index contributed by atoms with van der Waals surface area (Å²) in [7, 11) is -3.83. The van der Waals surface area contributed by atoms with E-state index in [1.165, 1.54) is 43.5 Å². The van der Waals surface area contributed by atoms with Crippen molar-refractivity contribution in [3.8, 4) is 0 Å². The molecule has 0 amide bonds. The summed E-state index contributed by atoms with van der Waals surface area (Å²) in [5.74, 6) is 1.74. The maximum atomic E-state index is 12.3. The van der Waals surface area contributed by atoms with Crippen LogP contribution >= 0.6 is 0 Å². The number of nitrogens with zero attached hydrogens (tertiary/aromatic N) is 1. The maximum Gasteiger partial charge on any atom is 0.289 e. The molecule has 1 aromatic carbocycles. The molecule has 2 bridgehead atoms. The van der Waals surface area contributed by atoms with Crippen LogP contribution in [-0.2, 0) is 10.0 Å². The van der Waals surface area contributed by atoms with Crippen LogP contribution in [0.5, 0.6) is 0 Å². The molecule has 2 aliphatic rings. The van der Waals surface area contributed by atoms with Crippen LogP contribution in [0.4, 0.5) is 5.69 Å². The van der Waals surface area contributed by atoms with E-state index in [2.05, 4.69) is 4.72 Å². The summed E-state index contributed by atoms with van der Waals surface area (Å²) in [5, 5.41) is 10.9. The summed E-state index contributed by atoms with van der Waals surface area (Å²) in [4.78, 5) is 10.0. The van der Waals surface area contributed by atoms with Crippen LogP contribution in [0.25, 0.3) is 0 Å². The van der Waals surface area contributed by atoms with Gasteiger partial charge >= 0.3 is 0 Å². The van der Waals surface area contributed by atoms with Gasteiger partial charge in [-0.2, -0.15) is 0 Å². The van der Waals surface area contributed by atoms with Gasteiger partial charge in [-0.05, 0) is 43.1 Å². The normalized spacial score (nSPS) is 27.9. The summed E-state index contributed by atoms with van der Waals surface area (Å²) in [6.45, 7) is 0.384. The minimum Gasteiger partial charge on any atom is -0.258 e. The quantitative estimate of drug-likeness (QED) is 0.667. The Morgan fingerprint density at radius 1 is 1.24 bits per heavy atom. The van der Waals surface area contributed by atoms with Gasteiger partial charge < -0.3 is 0 Å². The highest BCUT2D eigenvalue weighted by atomic mass is 32.2. The highest BCUT2D eigenvalue weighted by molar-refractivity contribution is 7.89. The Bertz CT molecular complexity index is 659. The zero-order valence-corrected chi connectivity index (χ0v) is 12.4. The van der Waals surface area contributed by atoms with Crippen molar-refractivity contribution in [3.05, 3.63) is 34.4 Å². The number of hydrogen-bond acceptors (Lipinski definition) is 4. The molecule has 0 aliphatic heterocycles. The second-order valence-corrected chi connectivity index (χ2v) is 7.75. The standard InChI is InChI=1S/C14H18N2O4S/c17-16(18)13-3-1-2-4-14(13)21(19,20)15-9-12-8-10-5-6-11(12)7-10/h1-4,10-12,15H,5-9H2/t10-,11+,12+/m0/s1. The van der Waals surface area contributed by atoms with Gasteiger partial charge in [0.2, 0.25) is 10.0 Å². The first-order chi connectivity index (χ1) is 9.97. The van der Waals surface area contributed by atoms with E-state index in [1.54, 1.807) is 0 Å². The number of rotatable bonds is 5. The zero-order chi connectivity index (χ0) is 15.0. The lowest BCUT2D eigenvalue weighted by Crippen LogP contribution is -2.32. The first-order valence-electron chi connectivity index (χ1n) is 7.20. The molecular weight excluding hydrogens is 292 g/mol. The van der Waals surface area contributed by atoms with Crippen molar-refractivity contribution in [1.29, 1.82) is 0 Å². The van der Waals surface area contributed by atoms with Gasteiger partial charge in [0.05, 0.1) is 4.92 Å². The Labute approximate surface area is 123 Å². The summed E-state index contributed by atoms with van der Waals surface area (Å²) < 4.78 is 27.2. The Morgan fingerprint density at radius 2 is 2.00 bits per heavy atom. The van der Waals surface area contributed by atoms with Crippen molar-refractivity contribution in [2.24, 2.45) is 17.8 Å². The third kappa shape index (κ3) is 2.80. The fraction of sp³-hybridized carbons (Fsp3) is 0.571. The number of nitrogens with one attached hydrogen (secondary N) is 1. The molecule has 0 radical (unpaired) electrons. The molecule has 6 nitrogen and oxygen atoms in total. The van der Waals surface area contributed by atoms with Crippen molar-refractivity contribution in [3.63, 3.8) is 0 Å². The van der Waals surface area contributed by atoms with Gasteiger partial charge in [0, 0.05) is 12.6 Å². The number of fused-ring (bicyclic) bond motifs is 2. The van der Waals surface area contributed by atoms with Gasteiger partial charge in [-0.25, -0.2) is 13.1 Å². The van der Waals surface area contributed by atoms with Crippen LogP contribution < -0.4 is 4.72 Å². The van der Waals surface area contributed by atoms with E-state index >= 15 is 0 Å². The molecule has 2 aliphatic carbocycles. The molecule has 0 aromatic heterocycles. The first kappa shape index (κ1) is 14.5. The fourth-order valence-electron chi connectivity index (χ4n) is 3.76. The monoisotopic (exact) mass is 310 g/mol. The van der Waals surface area contributed by atoms with Gasteiger partial charge in [-0.15, -0.1) is 0 Å². The van der Waals surface area contributed by atoms with Crippen LogP contribution in [0.2, 0.25) is 0 Å². The Hall–Kier alpha value is -1.47. The zero-order valence-electron chi connectivity index (χ0n) is 11.6. The Balaban J connectivity index is 1.74. The van der Waals surface area contributed by atoms with Crippen molar-refractivity contribution < 1.29 is 13.3 Å². The van der Waals surface area contributed by atoms with Crippen LogP contribution in [0, 0.1) is 27.9 Å². The molecule has 0 unspecified atom stereocenters.